The summed E-state index contributed by atoms with van der Waals surface area (Å²) in [5.74, 6) is -0.0378. The molecule has 26 heavy (non-hydrogen) atoms. The minimum atomic E-state index is -3.93. The summed E-state index contributed by atoms with van der Waals surface area (Å²) >= 11 is 0. The first-order valence-electron chi connectivity index (χ1n) is 8.65. The number of hydrogen-bond acceptors (Lipinski definition) is 6. The second-order valence-corrected chi connectivity index (χ2v) is 8.18. The number of nitrogens with zero attached hydrogens (tertiary/aromatic N) is 5. The van der Waals surface area contributed by atoms with Crippen LogP contribution in [0.1, 0.15) is 44.5 Å². The van der Waals surface area contributed by atoms with Crippen molar-refractivity contribution in [2.45, 2.75) is 56.1 Å². The maximum atomic E-state index is 13.2. The molecule has 1 aromatic carbocycles. The lowest BCUT2D eigenvalue weighted by molar-refractivity contribution is 0.194. The lowest BCUT2D eigenvalue weighted by atomic mass is 10.2. The van der Waals surface area contributed by atoms with Crippen molar-refractivity contribution in [3.8, 4) is 0 Å². The molecule has 2 aromatic rings. The molecule has 0 aliphatic carbocycles. The fourth-order valence-electron chi connectivity index (χ4n) is 3.28. The van der Waals surface area contributed by atoms with E-state index in [1.807, 2.05) is 6.92 Å². The van der Waals surface area contributed by atoms with E-state index in [0.717, 1.165) is 25.0 Å². The number of sulfonamides is 1. The maximum absolute atomic E-state index is 13.2. The van der Waals surface area contributed by atoms with Crippen molar-refractivity contribution < 1.29 is 17.9 Å². The smallest absolute Gasteiger partial charge is 0.244 e. The Morgan fingerprint density at radius 2 is 2.00 bits per heavy atom. The van der Waals surface area contributed by atoms with Crippen LogP contribution in [0.4, 0.5) is 4.39 Å². The number of benzene rings is 1. The molecule has 1 saturated heterocycles. The Morgan fingerprint density at radius 3 is 2.65 bits per heavy atom. The monoisotopic (exact) mass is 383 g/mol. The topological polar surface area (TPSA) is 101 Å². The molecule has 0 spiro atoms. The standard InChI is InChI=1S/C16H22FN5O3S/c1-2-3-10-21-16(18-19-20-21)15-9-6-13(11-23)22(15)26(24,25)14-7-4-12(17)5-8-14/h4-5,7-8,13,15,23H,2-3,6,9-11H2,1H3/t13-,15-/m0/s1. The van der Waals surface area contributed by atoms with Gasteiger partial charge in [-0.15, -0.1) is 5.10 Å². The summed E-state index contributed by atoms with van der Waals surface area (Å²) < 4.78 is 42.4. The quantitative estimate of drug-likeness (QED) is 0.777. The van der Waals surface area contributed by atoms with E-state index >= 15 is 0 Å². The fourth-order valence-corrected chi connectivity index (χ4v) is 5.11. The van der Waals surface area contributed by atoms with Crippen LogP contribution < -0.4 is 0 Å². The molecule has 0 saturated carbocycles. The highest BCUT2D eigenvalue weighted by Gasteiger charge is 2.44. The summed E-state index contributed by atoms with van der Waals surface area (Å²) in [6, 6.07) is 3.55. The Balaban J connectivity index is 1.99. The zero-order valence-corrected chi connectivity index (χ0v) is 15.3. The molecule has 8 nitrogen and oxygen atoms in total. The van der Waals surface area contributed by atoms with Crippen LogP contribution in [0.15, 0.2) is 29.2 Å². The normalized spacial score (nSPS) is 21.3. The second-order valence-electron chi connectivity index (χ2n) is 6.33. The third-order valence-electron chi connectivity index (χ3n) is 4.62. The molecule has 142 valence electrons. The van der Waals surface area contributed by atoms with Crippen molar-refractivity contribution in [2.75, 3.05) is 6.61 Å². The van der Waals surface area contributed by atoms with Crippen LogP contribution >= 0.6 is 0 Å². The van der Waals surface area contributed by atoms with Gasteiger partial charge in [0.1, 0.15) is 5.82 Å². The van der Waals surface area contributed by atoms with Crippen molar-refractivity contribution in [3.63, 3.8) is 0 Å². The average molecular weight is 383 g/mol. The van der Waals surface area contributed by atoms with Gasteiger partial charge < -0.3 is 5.11 Å². The molecular weight excluding hydrogens is 361 g/mol. The average Bonchev–Trinajstić information content (AvgIpc) is 3.26. The number of aliphatic hydroxyl groups is 1. The van der Waals surface area contributed by atoms with Crippen LogP contribution in [0.3, 0.4) is 0 Å². The molecule has 3 rings (SSSR count). The Labute approximate surface area is 151 Å². The third-order valence-corrected chi connectivity index (χ3v) is 6.60. The van der Waals surface area contributed by atoms with Gasteiger partial charge in [0.25, 0.3) is 0 Å². The minimum absolute atomic E-state index is 0.0168. The SMILES string of the molecule is CCCCn1nnnc1[C@@H]1CC[C@@H](CO)N1S(=O)(=O)c1ccc(F)cc1. The molecular formula is C16H22FN5O3S. The summed E-state index contributed by atoms with van der Waals surface area (Å²) in [4.78, 5) is -0.0168. The van der Waals surface area contributed by atoms with Crippen LogP contribution in [0.5, 0.6) is 0 Å². The predicted octanol–water partition coefficient (Wildman–Crippen LogP) is 1.50. The summed E-state index contributed by atoms with van der Waals surface area (Å²) in [5.41, 5.74) is 0. The van der Waals surface area contributed by atoms with E-state index in [0.29, 0.717) is 25.2 Å². The molecule has 1 aromatic heterocycles. The van der Waals surface area contributed by atoms with Gasteiger partial charge in [-0.25, -0.2) is 17.5 Å². The molecule has 0 unspecified atom stereocenters. The van der Waals surface area contributed by atoms with Crippen molar-refractivity contribution in [3.05, 3.63) is 35.9 Å². The zero-order valence-electron chi connectivity index (χ0n) is 14.5. The van der Waals surface area contributed by atoms with Gasteiger partial charge in [-0.2, -0.15) is 4.31 Å². The van der Waals surface area contributed by atoms with Crippen molar-refractivity contribution in [1.82, 2.24) is 24.5 Å². The van der Waals surface area contributed by atoms with Crippen LogP contribution in [-0.4, -0.2) is 50.7 Å². The lowest BCUT2D eigenvalue weighted by Gasteiger charge is -2.27. The highest BCUT2D eigenvalue weighted by molar-refractivity contribution is 7.89. The molecule has 1 fully saturated rings. The number of aryl methyl sites for hydroxylation is 1. The van der Waals surface area contributed by atoms with Gasteiger partial charge >= 0.3 is 0 Å². The number of aromatic nitrogens is 4. The van der Waals surface area contributed by atoms with E-state index < -0.39 is 27.9 Å². The van der Waals surface area contributed by atoms with E-state index in [2.05, 4.69) is 15.5 Å². The van der Waals surface area contributed by atoms with Gasteiger partial charge in [-0.1, -0.05) is 13.3 Å². The Hall–Kier alpha value is -1.91. The van der Waals surface area contributed by atoms with Crippen molar-refractivity contribution in [2.24, 2.45) is 0 Å². The first-order chi connectivity index (χ1) is 12.5. The molecule has 0 amide bonds. The van der Waals surface area contributed by atoms with Gasteiger partial charge in [0, 0.05) is 12.6 Å². The van der Waals surface area contributed by atoms with E-state index in [1.54, 1.807) is 4.68 Å². The molecule has 2 heterocycles. The lowest BCUT2D eigenvalue weighted by Crippen LogP contribution is -2.40. The minimum Gasteiger partial charge on any atom is -0.395 e. The molecule has 10 heteroatoms. The second kappa shape index (κ2) is 7.77. The third kappa shape index (κ3) is 3.49. The van der Waals surface area contributed by atoms with Crippen LogP contribution in [-0.2, 0) is 16.6 Å². The molecule has 0 radical (unpaired) electrons. The summed E-state index contributed by atoms with van der Waals surface area (Å²) in [7, 11) is -3.93. The Bertz CT molecular complexity index is 840. The Morgan fingerprint density at radius 1 is 1.27 bits per heavy atom. The van der Waals surface area contributed by atoms with Gasteiger partial charge in [0.05, 0.1) is 17.5 Å². The largest absolute Gasteiger partial charge is 0.395 e. The summed E-state index contributed by atoms with van der Waals surface area (Å²) in [6.45, 7) is 2.35. The zero-order chi connectivity index (χ0) is 18.7. The van der Waals surface area contributed by atoms with Gasteiger partial charge in [-0.3, -0.25) is 0 Å². The molecule has 1 N–H and O–H groups in total. The highest BCUT2D eigenvalue weighted by atomic mass is 32.2. The first kappa shape index (κ1) is 18.9. The van der Waals surface area contributed by atoms with Gasteiger partial charge in [-0.05, 0) is 54.0 Å². The van der Waals surface area contributed by atoms with E-state index in [-0.39, 0.29) is 11.5 Å². The van der Waals surface area contributed by atoms with E-state index in [4.69, 9.17) is 0 Å². The summed E-state index contributed by atoms with van der Waals surface area (Å²) in [6.07, 6.45) is 2.85. The number of aliphatic hydroxyl groups excluding tert-OH is 1. The maximum Gasteiger partial charge on any atom is 0.244 e. The predicted molar refractivity (Wildman–Crippen MR) is 91.0 cm³/mol. The van der Waals surface area contributed by atoms with Gasteiger partial charge in [0.15, 0.2) is 5.82 Å². The number of tetrazole rings is 1. The van der Waals surface area contributed by atoms with Crippen molar-refractivity contribution >= 4 is 10.0 Å². The molecule has 1 aliphatic heterocycles. The van der Waals surface area contributed by atoms with E-state index in [1.165, 1.54) is 16.4 Å². The van der Waals surface area contributed by atoms with Gasteiger partial charge in [0.2, 0.25) is 10.0 Å². The molecule has 2 atom stereocenters. The summed E-state index contributed by atoms with van der Waals surface area (Å²) in [5, 5.41) is 21.4. The fraction of sp³-hybridized carbons (Fsp3) is 0.562. The highest BCUT2D eigenvalue weighted by Crippen LogP contribution is 2.39. The number of unbranched alkanes of at least 4 members (excludes halogenated alkanes) is 1. The molecule has 1 aliphatic rings. The number of halogens is 1. The van der Waals surface area contributed by atoms with Crippen molar-refractivity contribution in [1.29, 1.82) is 0 Å². The Kier molecular flexibility index (Phi) is 5.64. The number of rotatable bonds is 7. The first-order valence-corrected chi connectivity index (χ1v) is 10.1. The van der Waals surface area contributed by atoms with E-state index in [9.17, 15) is 17.9 Å². The van der Waals surface area contributed by atoms with Crippen LogP contribution in [0.2, 0.25) is 0 Å². The van der Waals surface area contributed by atoms with Crippen LogP contribution in [0.25, 0.3) is 0 Å². The molecule has 0 bridgehead atoms. The number of hydrogen-bond donors (Lipinski definition) is 1. The van der Waals surface area contributed by atoms with Crippen LogP contribution in [0, 0.1) is 5.82 Å².